The minimum atomic E-state index is 0.358. The molecule has 3 aliphatic rings. The Bertz CT molecular complexity index is 182. The highest BCUT2D eigenvalue weighted by molar-refractivity contribution is 5.07. The average molecular weight is 138 g/mol. The fraction of sp³-hybridized carbons (Fsp3) is 1.00. The van der Waals surface area contributed by atoms with Crippen LogP contribution >= 0.6 is 0 Å². The van der Waals surface area contributed by atoms with Gasteiger partial charge in [-0.2, -0.15) is 0 Å². The summed E-state index contributed by atoms with van der Waals surface area (Å²) >= 11 is 0. The van der Waals surface area contributed by atoms with E-state index in [2.05, 4.69) is 15.3 Å². The Kier molecular flexibility index (Phi) is 1.13. The number of nitrogens with one attached hydrogen (secondary N) is 1. The molecule has 0 aromatic carbocycles. The van der Waals surface area contributed by atoms with Crippen LogP contribution in [0.1, 0.15) is 12.8 Å². The van der Waals surface area contributed by atoms with E-state index in [0.717, 1.165) is 12.6 Å². The summed E-state index contributed by atoms with van der Waals surface area (Å²) < 4.78 is 0. The molecule has 3 fully saturated rings. The van der Waals surface area contributed by atoms with Crippen LogP contribution in [-0.2, 0) is 0 Å². The van der Waals surface area contributed by atoms with Crippen molar-refractivity contribution in [3.63, 3.8) is 0 Å². The van der Waals surface area contributed by atoms with Crippen molar-refractivity contribution in [1.82, 2.24) is 5.32 Å². The first kappa shape index (κ1) is 6.01. The summed E-state index contributed by atoms with van der Waals surface area (Å²) in [7, 11) is 0. The van der Waals surface area contributed by atoms with Gasteiger partial charge in [0.15, 0.2) is 0 Å². The molecule has 0 spiro atoms. The fourth-order valence-electron chi connectivity index (χ4n) is 2.00. The zero-order chi connectivity index (χ0) is 7.03. The normalized spacial score (nSPS) is 42.2. The minimum absolute atomic E-state index is 0.358. The standard InChI is InChI=1S/C6H10N4/c7-10-9-4-6-1-5(2-6)8-3-6/h5,8H,1-4H2. The SMILES string of the molecule is [N-]=[N+]=NCC12CNC(C1)C2. The summed E-state index contributed by atoms with van der Waals surface area (Å²) in [5.74, 6) is 0. The summed E-state index contributed by atoms with van der Waals surface area (Å²) in [4.78, 5) is 2.77. The van der Waals surface area contributed by atoms with Crippen molar-refractivity contribution >= 4 is 0 Å². The molecule has 0 radical (unpaired) electrons. The molecule has 10 heavy (non-hydrogen) atoms. The van der Waals surface area contributed by atoms with E-state index in [9.17, 15) is 0 Å². The lowest BCUT2D eigenvalue weighted by molar-refractivity contribution is 0.208. The molecule has 3 rings (SSSR count). The lowest BCUT2D eigenvalue weighted by Gasteiger charge is -2.35. The molecular formula is C6H10N4. The van der Waals surface area contributed by atoms with Gasteiger partial charge in [0, 0.05) is 24.0 Å². The summed E-state index contributed by atoms with van der Waals surface area (Å²) in [6.07, 6.45) is 2.43. The predicted octanol–water partition coefficient (Wildman–Crippen LogP) is 1.05. The van der Waals surface area contributed by atoms with E-state index < -0.39 is 0 Å². The van der Waals surface area contributed by atoms with Crippen LogP contribution in [0.3, 0.4) is 0 Å². The molecule has 0 aromatic rings. The van der Waals surface area contributed by atoms with Crippen LogP contribution in [0.2, 0.25) is 0 Å². The molecule has 1 saturated carbocycles. The van der Waals surface area contributed by atoms with Crippen LogP contribution in [0.25, 0.3) is 10.4 Å². The van der Waals surface area contributed by atoms with Crippen LogP contribution < -0.4 is 5.32 Å². The van der Waals surface area contributed by atoms with Gasteiger partial charge in [-0.1, -0.05) is 5.11 Å². The van der Waals surface area contributed by atoms with Crippen LogP contribution in [0.4, 0.5) is 0 Å². The first-order valence-electron chi connectivity index (χ1n) is 3.59. The van der Waals surface area contributed by atoms with Crippen LogP contribution in [0, 0.1) is 5.41 Å². The highest BCUT2D eigenvalue weighted by atomic mass is 15.2. The Morgan fingerprint density at radius 1 is 1.70 bits per heavy atom. The largest absolute Gasteiger partial charge is 0.313 e. The topological polar surface area (TPSA) is 60.8 Å². The second-order valence-corrected chi connectivity index (χ2v) is 3.38. The summed E-state index contributed by atoms with van der Waals surface area (Å²) in [5, 5.41) is 6.96. The highest BCUT2D eigenvalue weighted by Gasteiger charge is 2.49. The van der Waals surface area contributed by atoms with Gasteiger partial charge >= 0.3 is 0 Å². The number of hydrogen-bond donors (Lipinski definition) is 1. The van der Waals surface area contributed by atoms with E-state index in [-0.39, 0.29) is 0 Å². The van der Waals surface area contributed by atoms with Crippen LogP contribution in [0.5, 0.6) is 0 Å². The molecule has 0 atom stereocenters. The Morgan fingerprint density at radius 2 is 2.50 bits per heavy atom. The van der Waals surface area contributed by atoms with Gasteiger partial charge in [-0.05, 0) is 23.8 Å². The van der Waals surface area contributed by atoms with Crippen molar-refractivity contribution in [3.05, 3.63) is 10.4 Å². The van der Waals surface area contributed by atoms with E-state index in [0.29, 0.717) is 12.0 Å². The molecule has 0 aromatic heterocycles. The van der Waals surface area contributed by atoms with Crippen molar-refractivity contribution in [2.24, 2.45) is 10.5 Å². The minimum Gasteiger partial charge on any atom is -0.313 e. The molecular weight excluding hydrogens is 128 g/mol. The zero-order valence-electron chi connectivity index (χ0n) is 5.75. The molecule has 4 nitrogen and oxygen atoms in total. The van der Waals surface area contributed by atoms with Crippen molar-refractivity contribution in [2.75, 3.05) is 13.1 Å². The van der Waals surface area contributed by atoms with E-state index in [1.54, 1.807) is 0 Å². The lowest BCUT2D eigenvalue weighted by atomic mass is 9.70. The molecule has 4 heteroatoms. The summed E-state index contributed by atoms with van der Waals surface area (Å²) in [5.41, 5.74) is 8.45. The average Bonchev–Trinajstić information content (AvgIpc) is 2.39. The van der Waals surface area contributed by atoms with Gasteiger partial charge < -0.3 is 5.32 Å². The number of azide groups is 1. The van der Waals surface area contributed by atoms with Gasteiger partial charge in [0.2, 0.25) is 0 Å². The smallest absolute Gasteiger partial charge is 0.0327 e. The third kappa shape index (κ3) is 0.696. The highest BCUT2D eigenvalue weighted by Crippen LogP contribution is 2.46. The molecule has 2 saturated heterocycles. The summed E-state index contributed by atoms with van der Waals surface area (Å²) in [6.45, 7) is 1.74. The monoisotopic (exact) mass is 138 g/mol. The van der Waals surface area contributed by atoms with Gasteiger partial charge in [0.25, 0.3) is 0 Å². The maximum absolute atomic E-state index is 8.10. The molecule has 1 N–H and O–H groups in total. The number of fused-ring (bicyclic) bond motifs is 1. The maximum Gasteiger partial charge on any atom is 0.0327 e. The molecule has 2 aliphatic heterocycles. The number of nitrogens with zero attached hydrogens (tertiary/aromatic N) is 3. The Hall–Kier alpha value is -0.730. The molecule has 2 bridgehead atoms. The quantitative estimate of drug-likeness (QED) is 0.346. The maximum atomic E-state index is 8.10. The van der Waals surface area contributed by atoms with Gasteiger partial charge in [0.05, 0.1) is 0 Å². The predicted molar refractivity (Wildman–Crippen MR) is 37.5 cm³/mol. The van der Waals surface area contributed by atoms with Crippen LogP contribution in [-0.4, -0.2) is 19.1 Å². The first-order valence-corrected chi connectivity index (χ1v) is 3.59. The van der Waals surface area contributed by atoms with E-state index in [4.69, 9.17) is 5.53 Å². The summed E-state index contributed by atoms with van der Waals surface area (Å²) in [6, 6.07) is 0.730. The third-order valence-corrected chi connectivity index (χ3v) is 2.59. The number of rotatable bonds is 2. The number of hydrogen-bond acceptors (Lipinski definition) is 2. The van der Waals surface area contributed by atoms with Gasteiger partial charge in [-0.3, -0.25) is 0 Å². The van der Waals surface area contributed by atoms with Crippen molar-refractivity contribution < 1.29 is 0 Å². The van der Waals surface area contributed by atoms with Gasteiger partial charge in [-0.25, -0.2) is 0 Å². The Balaban J connectivity index is 1.98. The molecule has 2 heterocycles. The van der Waals surface area contributed by atoms with E-state index in [1.165, 1.54) is 12.8 Å². The van der Waals surface area contributed by atoms with E-state index in [1.807, 2.05) is 0 Å². The Morgan fingerprint density at radius 3 is 3.00 bits per heavy atom. The van der Waals surface area contributed by atoms with Crippen molar-refractivity contribution in [3.8, 4) is 0 Å². The molecule has 54 valence electrons. The Labute approximate surface area is 59.2 Å². The van der Waals surface area contributed by atoms with Crippen LogP contribution in [0.15, 0.2) is 5.11 Å². The molecule has 0 unspecified atom stereocenters. The second-order valence-electron chi connectivity index (χ2n) is 3.38. The van der Waals surface area contributed by atoms with Crippen molar-refractivity contribution in [1.29, 1.82) is 0 Å². The van der Waals surface area contributed by atoms with Gasteiger partial charge in [-0.15, -0.1) is 0 Å². The van der Waals surface area contributed by atoms with E-state index >= 15 is 0 Å². The van der Waals surface area contributed by atoms with Gasteiger partial charge in [0.1, 0.15) is 0 Å². The zero-order valence-corrected chi connectivity index (χ0v) is 5.75. The third-order valence-electron chi connectivity index (χ3n) is 2.59. The fourth-order valence-corrected chi connectivity index (χ4v) is 2.00. The second kappa shape index (κ2) is 1.87. The first-order chi connectivity index (χ1) is 4.85. The molecule has 1 aliphatic carbocycles. The lowest BCUT2D eigenvalue weighted by Crippen LogP contribution is -2.35. The molecule has 0 amide bonds. The van der Waals surface area contributed by atoms with Crippen molar-refractivity contribution in [2.45, 2.75) is 18.9 Å².